The zero-order valence-corrected chi connectivity index (χ0v) is 16.5. The minimum absolute atomic E-state index is 0.0301. The lowest BCUT2D eigenvalue weighted by molar-refractivity contribution is -0.757. The van der Waals surface area contributed by atoms with Crippen molar-refractivity contribution in [1.29, 1.82) is 0 Å². The second kappa shape index (κ2) is 11.7. The third-order valence-electron chi connectivity index (χ3n) is 3.86. The van der Waals surface area contributed by atoms with Crippen LogP contribution in [0.2, 0.25) is 0 Å². The van der Waals surface area contributed by atoms with E-state index in [1.165, 1.54) is 0 Å². The molecule has 0 aliphatic heterocycles. The number of ether oxygens (including phenoxy) is 2. The lowest BCUT2D eigenvalue weighted by Crippen LogP contribution is -2.09. The molecule has 0 aliphatic rings. The molecule has 0 amide bonds. The van der Waals surface area contributed by atoms with E-state index >= 15 is 0 Å². The van der Waals surface area contributed by atoms with Gasteiger partial charge in [-0.15, -0.1) is 22.7 Å². The third kappa shape index (κ3) is 8.65. The molecule has 2 aromatic rings. The monoisotopic (exact) mass is 419 g/mol. The summed E-state index contributed by atoms with van der Waals surface area (Å²) in [7, 11) is 0. The van der Waals surface area contributed by atoms with E-state index in [0.29, 0.717) is 30.6 Å². The Morgan fingerprint density at radius 3 is 2.31 bits per heavy atom. The molecule has 0 spiro atoms. The zero-order valence-electron chi connectivity index (χ0n) is 15.6. The molecule has 0 unspecified atom stereocenters. The van der Waals surface area contributed by atoms with Gasteiger partial charge in [-0.25, -0.2) is 4.79 Å². The number of carbonyl (C=O) groups excluding carboxylic acids is 2. The van der Waals surface area contributed by atoms with Crippen LogP contribution in [0.3, 0.4) is 0 Å². The first kappa shape index (κ1) is 22.2. The second-order valence-corrected chi connectivity index (χ2v) is 6.58. The van der Waals surface area contributed by atoms with Crippen LogP contribution in [0.15, 0.2) is 53.4 Å². The quantitative estimate of drug-likeness (QED) is 0.148. The Hall–Kier alpha value is -3.07. The molecule has 9 heteroatoms. The Kier molecular flexibility index (Phi) is 8.97. The van der Waals surface area contributed by atoms with E-state index in [4.69, 9.17) is 9.47 Å². The number of thiol groups is 1. The van der Waals surface area contributed by atoms with Crippen LogP contribution in [0.5, 0.6) is 5.75 Å². The smallest absolute Gasteiger partial charge is 0.343 e. The van der Waals surface area contributed by atoms with E-state index in [1.54, 1.807) is 48.5 Å². The van der Waals surface area contributed by atoms with Crippen molar-refractivity contribution in [2.24, 2.45) is 0 Å². The fraction of sp³-hybridized carbons (Fsp3) is 0.300. The lowest BCUT2D eigenvalue weighted by Gasteiger charge is -2.07. The van der Waals surface area contributed by atoms with Crippen LogP contribution in [-0.2, 0) is 20.8 Å². The Bertz CT molecular complexity index is 822. The van der Waals surface area contributed by atoms with E-state index in [-0.39, 0.29) is 25.6 Å². The van der Waals surface area contributed by atoms with Crippen molar-refractivity contribution in [3.8, 4) is 5.75 Å². The molecule has 154 valence electrons. The Balaban J connectivity index is 1.67. The fourth-order valence-electron chi connectivity index (χ4n) is 2.35. The third-order valence-corrected chi connectivity index (χ3v) is 4.16. The molecule has 8 nitrogen and oxygen atoms in total. The summed E-state index contributed by atoms with van der Waals surface area (Å²) in [6, 6.07) is 13.7. The molecular formula is C20H21NO7S. The number of hydrogen-bond donors (Lipinski definition) is 1. The van der Waals surface area contributed by atoms with Gasteiger partial charge in [-0.2, -0.15) is 0 Å². The van der Waals surface area contributed by atoms with Gasteiger partial charge in [0.15, 0.2) is 0 Å². The van der Waals surface area contributed by atoms with Gasteiger partial charge in [0.05, 0.1) is 18.8 Å². The predicted molar refractivity (Wildman–Crippen MR) is 107 cm³/mol. The largest absolute Gasteiger partial charge is 0.465 e. The minimum Gasteiger partial charge on any atom is -0.465 e. The molecule has 0 bridgehead atoms. The molecular weight excluding hydrogens is 398 g/mol. The summed E-state index contributed by atoms with van der Waals surface area (Å²) in [6.07, 6.45) is 1.58. The Morgan fingerprint density at radius 2 is 1.66 bits per heavy atom. The highest BCUT2D eigenvalue weighted by molar-refractivity contribution is 7.80. The second-order valence-electron chi connectivity index (χ2n) is 6.06. The van der Waals surface area contributed by atoms with Crippen molar-refractivity contribution in [2.75, 3.05) is 13.2 Å². The minimum atomic E-state index is -0.857. The van der Waals surface area contributed by atoms with E-state index in [2.05, 4.69) is 17.5 Å². The summed E-state index contributed by atoms with van der Waals surface area (Å²) in [5.41, 5.74) is 1.36. The topological polar surface area (TPSA) is 105 Å². The normalized spacial score (nSPS) is 10.2. The van der Waals surface area contributed by atoms with Crippen LogP contribution in [-0.4, -0.2) is 30.2 Å². The van der Waals surface area contributed by atoms with Crippen LogP contribution in [0.25, 0.3) is 0 Å². The molecule has 0 aliphatic carbocycles. The van der Waals surface area contributed by atoms with Crippen molar-refractivity contribution in [2.45, 2.75) is 30.6 Å². The van der Waals surface area contributed by atoms with Gasteiger partial charge in [0.25, 0.3) is 5.09 Å². The van der Waals surface area contributed by atoms with Crippen LogP contribution >= 0.6 is 12.6 Å². The van der Waals surface area contributed by atoms with Crippen LogP contribution in [0.4, 0.5) is 0 Å². The van der Waals surface area contributed by atoms with Gasteiger partial charge in [0.1, 0.15) is 5.75 Å². The van der Waals surface area contributed by atoms with Gasteiger partial charge in [-0.1, -0.05) is 12.1 Å². The number of carbonyl (C=O) groups is 2. The Labute approximate surface area is 173 Å². The maximum atomic E-state index is 12.1. The molecule has 0 radical (unpaired) electrons. The lowest BCUT2D eigenvalue weighted by atomic mass is 10.1. The number of esters is 2. The Morgan fingerprint density at radius 1 is 0.966 bits per heavy atom. The summed E-state index contributed by atoms with van der Waals surface area (Å²) < 4.78 is 10.4. The van der Waals surface area contributed by atoms with Gasteiger partial charge in [0.2, 0.25) is 0 Å². The predicted octanol–water partition coefficient (Wildman–Crippen LogP) is 3.66. The van der Waals surface area contributed by atoms with Crippen molar-refractivity contribution < 1.29 is 29.0 Å². The maximum Gasteiger partial charge on any atom is 0.343 e. The highest BCUT2D eigenvalue weighted by atomic mass is 32.1. The molecule has 0 N–H and O–H groups in total. The average Bonchev–Trinajstić information content (AvgIpc) is 2.69. The van der Waals surface area contributed by atoms with E-state index in [0.717, 1.165) is 10.5 Å². The molecule has 0 fully saturated rings. The first-order valence-corrected chi connectivity index (χ1v) is 9.42. The van der Waals surface area contributed by atoms with Crippen molar-refractivity contribution >= 4 is 24.6 Å². The van der Waals surface area contributed by atoms with E-state index in [1.807, 2.05) is 0 Å². The molecule has 0 saturated carbocycles. The van der Waals surface area contributed by atoms with E-state index < -0.39 is 11.1 Å². The fourth-order valence-corrected chi connectivity index (χ4v) is 2.50. The zero-order chi connectivity index (χ0) is 21.1. The summed E-state index contributed by atoms with van der Waals surface area (Å²) in [6.45, 7) is 0.192. The van der Waals surface area contributed by atoms with Crippen LogP contribution < -0.4 is 4.74 Å². The molecule has 0 atom stereocenters. The molecule has 0 heterocycles. The molecule has 0 saturated heterocycles. The van der Waals surface area contributed by atoms with E-state index in [9.17, 15) is 19.7 Å². The SMILES string of the molecule is O=C(CCCCO[N+](=O)[O-])OCCc1ccc(OC(=O)c2ccc(S)cc2)cc1. The van der Waals surface area contributed by atoms with Crippen LogP contribution in [0, 0.1) is 10.1 Å². The van der Waals surface area contributed by atoms with Crippen LogP contribution in [0.1, 0.15) is 35.2 Å². The number of nitrogens with zero attached hydrogens (tertiary/aromatic N) is 1. The highest BCUT2D eigenvalue weighted by Crippen LogP contribution is 2.16. The summed E-state index contributed by atoms with van der Waals surface area (Å²) in [5.74, 6) is -0.393. The maximum absolute atomic E-state index is 12.1. The first-order valence-electron chi connectivity index (χ1n) is 8.97. The van der Waals surface area contributed by atoms with Crippen molar-refractivity contribution in [3.63, 3.8) is 0 Å². The van der Waals surface area contributed by atoms with Gasteiger partial charge in [-0.3, -0.25) is 4.79 Å². The number of benzene rings is 2. The number of hydrogen-bond acceptors (Lipinski definition) is 8. The molecule has 2 rings (SSSR count). The van der Waals surface area contributed by atoms with Gasteiger partial charge < -0.3 is 14.3 Å². The standard InChI is InChI=1S/C20H21NO7S/c22-19(3-1-2-13-27-21(24)25)26-14-12-15-4-8-17(9-5-15)28-20(23)16-6-10-18(29)11-7-16/h4-11,29H,1-3,12-14H2. The van der Waals surface area contributed by atoms with Crippen molar-refractivity contribution in [3.05, 3.63) is 69.8 Å². The molecule has 29 heavy (non-hydrogen) atoms. The number of unbranched alkanes of at least 4 members (excludes halogenated alkanes) is 1. The van der Waals surface area contributed by atoms with Gasteiger partial charge in [-0.05, 0) is 54.8 Å². The molecule has 2 aromatic carbocycles. The number of rotatable bonds is 11. The van der Waals surface area contributed by atoms with Gasteiger partial charge >= 0.3 is 11.9 Å². The summed E-state index contributed by atoms with van der Waals surface area (Å²) >= 11 is 4.17. The highest BCUT2D eigenvalue weighted by Gasteiger charge is 2.08. The van der Waals surface area contributed by atoms with Crippen molar-refractivity contribution in [1.82, 2.24) is 0 Å². The average molecular weight is 419 g/mol. The first-order chi connectivity index (χ1) is 13.9. The summed E-state index contributed by atoms with van der Waals surface area (Å²) in [4.78, 5) is 38.6. The molecule has 0 aromatic heterocycles. The van der Waals surface area contributed by atoms with Gasteiger partial charge in [0, 0.05) is 17.7 Å². The summed E-state index contributed by atoms with van der Waals surface area (Å²) in [5, 5.41) is 9.13.